The van der Waals surface area contributed by atoms with Crippen molar-refractivity contribution < 1.29 is 0 Å². The Kier molecular flexibility index (Phi) is 7.29. The molecule has 7 heteroatoms. The molecule has 0 aliphatic carbocycles. The van der Waals surface area contributed by atoms with Crippen LogP contribution in [0.1, 0.15) is 12.5 Å². The molecule has 0 atom stereocenters. The Balaban J connectivity index is 1.49. The average Bonchev–Trinajstić information content (AvgIpc) is 3.25. The molecule has 0 amide bonds. The van der Waals surface area contributed by atoms with Gasteiger partial charge in [0.1, 0.15) is 12.1 Å². The van der Waals surface area contributed by atoms with E-state index in [0.29, 0.717) is 6.54 Å². The van der Waals surface area contributed by atoms with Gasteiger partial charge in [0.05, 0.1) is 6.54 Å². The highest BCUT2D eigenvalue weighted by Crippen LogP contribution is 2.15. The molecule has 0 saturated heterocycles. The van der Waals surface area contributed by atoms with E-state index in [1.165, 1.54) is 4.90 Å². The molecule has 0 radical (unpaired) electrons. The van der Waals surface area contributed by atoms with Gasteiger partial charge < -0.3 is 10.6 Å². The van der Waals surface area contributed by atoms with Gasteiger partial charge in [-0.2, -0.15) is 0 Å². The summed E-state index contributed by atoms with van der Waals surface area (Å²) < 4.78 is 1.88. The minimum Gasteiger partial charge on any atom is -0.357 e. The highest BCUT2D eigenvalue weighted by atomic mass is 32.2. The number of guanidine groups is 1. The van der Waals surface area contributed by atoms with Gasteiger partial charge in [0.15, 0.2) is 5.96 Å². The van der Waals surface area contributed by atoms with E-state index in [9.17, 15) is 0 Å². The molecule has 0 bridgehead atoms. The molecular weight excluding hydrogens is 356 g/mol. The van der Waals surface area contributed by atoms with Crippen molar-refractivity contribution in [2.45, 2.75) is 18.4 Å². The zero-order valence-corrected chi connectivity index (χ0v) is 16.2. The Morgan fingerprint density at radius 2 is 2.04 bits per heavy atom. The summed E-state index contributed by atoms with van der Waals surface area (Å²) in [6, 6.07) is 14.4. The van der Waals surface area contributed by atoms with Gasteiger partial charge in [0.25, 0.3) is 0 Å². The van der Waals surface area contributed by atoms with Crippen molar-refractivity contribution in [3.05, 3.63) is 72.9 Å². The summed E-state index contributed by atoms with van der Waals surface area (Å²) in [5, 5.41) is 6.66. The normalized spacial score (nSPS) is 11.4. The molecule has 0 spiro atoms. The first-order valence-corrected chi connectivity index (χ1v) is 9.97. The Morgan fingerprint density at radius 3 is 2.74 bits per heavy atom. The molecule has 27 heavy (non-hydrogen) atoms. The maximum absolute atomic E-state index is 4.65. The SMILES string of the molecule is CCNC(=NCc1ccc(-n2ccnc2)nc1)NCCSc1ccccc1. The zero-order valence-electron chi connectivity index (χ0n) is 15.4. The number of imidazole rings is 1. The third kappa shape index (κ3) is 6.14. The zero-order chi connectivity index (χ0) is 18.7. The third-order valence-corrected chi connectivity index (χ3v) is 4.76. The van der Waals surface area contributed by atoms with E-state index >= 15 is 0 Å². The summed E-state index contributed by atoms with van der Waals surface area (Å²) >= 11 is 1.83. The summed E-state index contributed by atoms with van der Waals surface area (Å²) in [5.41, 5.74) is 1.06. The van der Waals surface area contributed by atoms with Gasteiger partial charge in [0, 0.05) is 42.3 Å². The monoisotopic (exact) mass is 380 g/mol. The molecular formula is C20H24N6S. The van der Waals surface area contributed by atoms with Gasteiger partial charge in [0.2, 0.25) is 0 Å². The van der Waals surface area contributed by atoms with E-state index in [2.05, 4.69) is 56.8 Å². The molecule has 6 nitrogen and oxygen atoms in total. The number of hydrogen-bond donors (Lipinski definition) is 2. The first-order chi connectivity index (χ1) is 13.3. The van der Waals surface area contributed by atoms with Crippen LogP contribution in [0.3, 0.4) is 0 Å². The van der Waals surface area contributed by atoms with Gasteiger partial charge in [-0.15, -0.1) is 11.8 Å². The molecule has 3 rings (SSSR count). The maximum atomic E-state index is 4.65. The first-order valence-electron chi connectivity index (χ1n) is 8.98. The van der Waals surface area contributed by atoms with Crippen molar-refractivity contribution in [3.63, 3.8) is 0 Å². The van der Waals surface area contributed by atoms with Crippen LogP contribution in [0.2, 0.25) is 0 Å². The number of benzene rings is 1. The lowest BCUT2D eigenvalue weighted by atomic mass is 10.3. The summed E-state index contributed by atoms with van der Waals surface area (Å²) in [6.45, 7) is 4.33. The van der Waals surface area contributed by atoms with Crippen molar-refractivity contribution in [2.24, 2.45) is 4.99 Å². The Hall–Kier alpha value is -2.80. The van der Waals surface area contributed by atoms with Crippen LogP contribution in [0.4, 0.5) is 0 Å². The Morgan fingerprint density at radius 1 is 1.15 bits per heavy atom. The van der Waals surface area contributed by atoms with Crippen LogP contribution in [-0.2, 0) is 6.54 Å². The van der Waals surface area contributed by atoms with Crippen LogP contribution >= 0.6 is 11.8 Å². The quantitative estimate of drug-likeness (QED) is 0.272. The molecule has 0 saturated carbocycles. The van der Waals surface area contributed by atoms with E-state index in [0.717, 1.165) is 36.2 Å². The molecule has 1 aromatic carbocycles. The second-order valence-electron chi connectivity index (χ2n) is 5.78. The van der Waals surface area contributed by atoms with Crippen molar-refractivity contribution >= 4 is 17.7 Å². The summed E-state index contributed by atoms with van der Waals surface area (Å²) in [7, 11) is 0. The first kappa shape index (κ1) is 19.0. The number of aliphatic imine (C=N–C) groups is 1. The van der Waals surface area contributed by atoms with Crippen LogP contribution < -0.4 is 10.6 Å². The molecule has 0 fully saturated rings. The maximum Gasteiger partial charge on any atom is 0.191 e. The lowest BCUT2D eigenvalue weighted by Crippen LogP contribution is -2.38. The summed E-state index contributed by atoms with van der Waals surface area (Å²) in [4.78, 5) is 14.4. The van der Waals surface area contributed by atoms with Crippen molar-refractivity contribution in [1.82, 2.24) is 25.2 Å². The van der Waals surface area contributed by atoms with Gasteiger partial charge in [-0.25, -0.2) is 15.0 Å². The molecule has 140 valence electrons. The number of rotatable bonds is 8. The number of thioether (sulfide) groups is 1. The lowest BCUT2D eigenvalue weighted by Gasteiger charge is -2.11. The van der Waals surface area contributed by atoms with Gasteiger partial charge >= 0.3 is 0 Å². The smallest absolute Gasteiger partial charge is 0.191 e. The molecule has 0 unspecified atom stereocenters. The van der Waals surface area contributed by atoms with Crippen LogP contribution in [-0.4, -0.2) is 39.3 Å². The highest BCUT2D eigenvalue weighted by molar-refractivity contribution is 7.99. The van der Waals surface area contributed by atoms with E-state index in [1.807, 2.05) is 46.9 Å². The molecule has 2 heterocycles. The second-order valence-corrected chi connectivity index (χ2v) is 6.95. The summed E-state index contributed by atoms with van der Waals surface area (Å²) in [6.07, 6.45) is 7.21. The van der Waals surface area contributed by atoms with Crippen LogP contribution in [0.5, 0.6) is 0 Å². The van der Waals surface area contributed by atoms with Crippen LogP contribution in [0, 0.1) is 0 Å². The molecule has 0 aliphatic rings. The molecule has 0 aliphatic heterocycles. The predicted octanol–water partition coefficient (Wildman–Crippen LogP) is 3.11. The minimum atomic E-state index is 0.582. The number of hydrogen-bond acceptors (Lipinski definition) is 4. The average molecular weight is 381 g/mol. The fourth-order valence-corrected chi connectivity index (χ4v) is 3.21. The lowest BCUT2D eigenvalue weighted by molar-refractivity contribution is 0.841. The minimum absolute atomic E-state index is 0.582. The highest BCUT2D eigenvalue weighted by Gasteiger charge is 2.00. The largest absolute Gasteiger partial charge is 0.357 e. The van der Waals surface area contributed by atoms with Gasteiger partial charge in [-0.05, 0) is 30.7 Å². The number of aromatic nitrogens is 3. The van der Waals surface area contributed by atoms with Crippen LogP contribution in [0.25, 0.3) is 5.82 Å². The van der Waals surface area contributed by atoms with Crippen molar-refractivity contribution in [3.8, 4) is 5.82 Å². The van der Waals surface area contributed by atoms with Crippen LogP contribution in [0.15, 0.2) is 77.3 Å². The van der Waals surface area contributed by atoms with Crippen molar-refractivity contribution in [2.75, 3.05) is 18.8 Å². The van der Waals surface area contributed by atoms with Crippen molar-refractivity contribution in [1.29, 1.82) is 0 Å². The Bertz CT molecular complexity index is 815. The number of nitrogens with zero attached hydrogens (tertiary/aromatic N) is 4. The second kappa shape index (κ2) is 10.4. The summed E-state index contributed by atoms with van der Waals surface area (Å²) in [5.74, 6) is 2.66. The number of nitrogens with one attached hydrogen (secondary N) is 2. The van der Waals surface area contributed by atoms with E-state index in [4.69, 9.17) is 0 Å². The molecule has 2 aromatic heterocycles. The fraction of sp³-hybridized carbons (Fsp3) is 0.250. The third-order valence-electron chi connectivity index (χ3n) is 3.75. The standard InChI is InChI=1S/C20H24N6S/c1-2-22-20(23-11-13-27-18-6-4-3-5-7-18)25-15-17-8-9-19(24-14-17)26-12-10-21-16-26/h3-10,12,14,16H,2,11,13,15H2,1H3,(H2,22,23,25). The topological polar surface area (TPSA) is 67.1 Å². The number of pyridine rings is 1. The van der Waals surface area contributed by atoms with E-state index in [-0.39, 0.29) is 0 Å². The molecule has 3 aromatic rings. The van der Waals surface area contributed by atoms with Gasteiger partial charge in [-0.1, -0.05) is 24.3 Å². The van der Waals surface area contributed by atoms with E-state index < -0.39 is 0 Å². The predicted molar refractivity (Wildman–Crippen MR) is 111 cm³/mol. The molecule has 2 N–H and O–H groups in total. The Labute approximate surface area is 164 Å². The fourth-order valence-electron chi connectivity index (χ4n) is 2.42. The van der Waals surface area contributed by atoms with Gasteiger partial charge in [-0.3, -0.25) is 4.57 Å². The van der Waals surface area contributed by atoms with E-state index in [1.54, 1.807) is 12.5 Å².